The smallest absolute Gasteiger partial charge is 0.387 e. The lowest BCUT2D eigenvalue weighted by Gasteiger charge is -2.29. The third-order valence-electron chi connectivity index (χ3n) is 4.01. The fourth-order valence-electron chi connectivity index (χ4n) is 2.76. The summed E-state index contributed by atoms with van der Waals surface area (Å²) in [6.07, 6.45) is -7.11. The molecule has 2 aliphatic heterocycles. The molecule has 0 radical (unpaired) electrons. The number of amides is 1. The predicted molar refractivity (Wildman–Crippen MR) is 91.3 cm³/mol. The Bertz CT molecular complexity index is 793. The summed E-state index contributed by atoms with van der Waals surface area (Å²) in [7, 11) is -16.7. The molecule has 0 aromatic rings. The first kappa shape index (κ1) is 25.9. The fraction of sp³-hybridized carbons (Fsp3) is 0.889. The zero-order valence-corrected chi connectivity index (χ0v) is 17.5. The average Bonchev–Trinajstić information content (AvgIpc) is 3.03. The summed E-state index contributed by atoms with van der Waals surface area (Å²) in [4.78, 5) is 48.0. The minimum Gasteiger partial charge on any atom is -0.387 e. The number of rotatable bonds is 9. The maximum absolute atomic E-state index is 11.7. The van der Waals surface area contributed by atoms with Crippen molar-refractivity contribution < 1.29 is 66.2 Å². The zero-order chi connectivity index (χ0) is 23.1. The number of nitrogens with zero attached hydrogens (tertiary/aromatic N) is 1. The zero-order valence-electron chi connectivity index (χ0n) is 14.8. The lowest BCUT2D eigenvalue weighted by molar-refractivity contribution is -0.122. The summed E-state index contributed by atoms with van der Waals surface area (Å²) in [5, 5.41) is 22.9. The number of nitrogens with two attached hydrogens (primary N) is 2. The number of phosphoric acid groups is 3. The topological polar surface area (TPSA) is 294 Å². The Morgan fingerprint density at radius 3 is 2.20 bits per heavy atom. The molecule has 30 heavy (non-hydrogen) atoms. The van der Waals surface area contributed by atoms with E-state index in [1.54, 1.807) is 0 Å². The minimum absolute atomic E-state index is 0.0637. The van der Waals surface area contributed by atoms with Crippen molar-refractivity contribution in [2.75, 3.05) is 13.3 Å². The van der Waals surface area contributed by atoms with Crippen molar-refractivity contribution in [3.63, 3.8) is 0 Å². The van der Waals surface area contributed by atoms with E-state index in [4.69, 9.17) is 30.9 Å². The van der Waals surface area contributed by atoms with Gasteiger partial charge in [0.25, 0.3) is 0 Å². The first-order chi connectivity index (χ1) is 13.5. The van der Waals surface area contributed by atoms with Crippen LogP contribution in [0.5, 0.6) is 0 Å². The molecule has 0 spiro atoms. The van der Waals surface area contributed by atoms with E-state index >= 15 is 0 Å². The quantitative estimate of drug-likeness (QED) is 0.135. The minimum atomic E-state index is -5.71. The van der Waals surface area contributed by atoms with Crippen LogP contribution in [0.3, 0.4) is 0 Å². The second-order valence-corrected chi connectivity index (χ2v) is 10.6. The molecule has 21 heteroatoms. The number of carbonyl (C=O) groups excluding carboxylic acids is 1. The second kappa shape index (κ2) is 9.25. The molecular weight excluding hydrogens is 481 g/mol. The Labute approximate surface area is 168 Å². The maximum atomic E-state index is 11.7. The van der Waals surface area contributed by atoms with E-state index in [-0.39, 0.29) is 6.67 Å². The largest absolute Gasteiger partial charge is 0.490 e. The number of nitrogens with one attached hydrogen (secondary N) is 1. The number of ether oxygens (including phenoxy) is 1. The predicted octanol–water partition coefficient (Wildman–Crippen LogP) is -4.22. The third-order valence-corrected chi connectivity index (χ3v) is 7.81. The van der Waals surface area contributed by atoms with Gasteiger partial charge in [0, 0.05) is 0 Å². The van der Waals surface area contributed by atoms with Crippen molar-refractivity contribution >= 4 is 29.4 Å². The van der Waals surface area contributed by atoms with Gasteiger partial charge >= 0.3 is 23.5 Å². The van der Waals surface area contributed by atoms with Gasteiger partial charge in [-0.2, -0.15) is 8.62 Å². The molecule has 2 rings (SSSR count). The van der Waals surface area contributed by atoms with E-state index in [1.165, 1.54) is 4.90 Å². The van der Waals surface area contributed by atoms with Crippen molar-refractivity contribution in [2.24, 2.45) is 11.5 Å². The van der Waals surface area contributed by atoms with E-state index in [2.05, 4.69) is 18.5 Å². The summed E-state index contributed by atoms with van der Waals surface area (Å²) in [5.74, 6) is -0.776. The lowest BCUT2D eigenvalue weighted by Crippen LogP contribution is -2.55. The van der Waals surface area contributed by atoms with Crippen molar-refractivity contribution in [3.8, 4) is 0 Å². The third kappa shape index (κ3) is 6.57. The van der Waals surface area contributed by atoms with Crippen LogP contribution in [0.2, 0.25) is 0 Å². The van der Waals surface area contributed by atoms with E-state index in [1.807, 2.05) is 0 Å². The molecule has 11 N–H and O–H groups in total. The van der Waals surface area contributed by atoms with Gasteiger partial charge in [-0.3, -0.25) is 14.6 Å². The highest BCUT2D eigenvalue weighted by molar-refractivity contribution is 7.66. The van der Waals surface area contributed by atoms with Crippen LogP contribution in [0, 0.1) is 0 Å². The van der Waals surface area contributed by atoms with Gasteiger partial charge in [0.2, 0.25) is 5.91 Å². The van der Waals surface area contributed by atoms with Crippen molar-refractivity contribution in [3.05, 3.63) is 0 Å². The van der Waals surface area contributed by atoms with Crippen LogP contribution < -0.4 is 16.8 Å². The van der Waals surface area contributed by atoms with Gasteiger partial charge in [0.1, 0.15) is 30.6 Å². The molecule has 2 fully saturated rings. The monoisotopic (exact) mass is 502 g/mol. The van der Waals surface area contributed by atoms with E-state index in [0.717, 1.165) is 0 Å². The van der Waals surface area contributed by atoms with Gasteiger partial charge < -0.3 is 46.0 Å². The van der Waals surface area contributed by atoms with Gasteiger partial charge in [-0.05, 0) is 0 Å². The summed E-state index contributed by atoms with van der Waals surface area (Å²) >= 11 is 0. The Morgan fingerprint density at radius 1 is 1.10 bits per heavy atom. The molecule has 176 valence electrons. The molecule has 2 aliphatic rings. The van der Waals surface area contributed by atoms with Crippen LogP contribution in [-0.2, 0) is 36.4 Å². The number of hydrogen-bond donors (Lipinski definition) is 9. The van der Waals surface area contributed by atoms with Gasteiger partial charge in [0.15, 0.2) is 0 Å². The molecule has 0 aromatic carbocycles. The van der Waals surface area contributed by atoms with E-state index < -0.39 is 72.7 Å². The number of phosphoric ester groups is 1. The Balaban J connectivity index is 1.98. The van der Waals surface area contributed by atoms with Crippen molar-refractivity contribution in [1.29, 1.82) is 0 Å². The summed E-state index contributed by atoms with van der Waals surface area (Å²) in [5.41, 5.74) is 11.0. The number of carbonyl (C=O) groups is 1. The highest BCUT2D eigenvalue weighted by Crippen LogP contribution is 2.66. The summed E-state index contributed by atoms with van der Waals surface area (Å²) in [6.45, 7) is -1.04. The van der Waals surface area contributed by atoms with Gasteiger partial charge in [-0.1, -0.05) is 0 Å². The highest BCUT2D eigenvalue weighted by atomic mass is 31.3. The van der Waals surface area contributed by atoms with E-state index in [0.29, 0.717) is 0 Å². The molecule has 8 atom stereocenters. The molecule has 0 saturated carbocycles. The Morgan fingerprint density at radius 2 is 1.70 bits per heavy atom. The van der Waals surface area contributed by atoms with E-state index in [9.17, 15) is 33.6 Å². The first-order valence-electron chi connectivity index (χ1n) is 7.87. The maximum Gasteiger partial charge on any atom is 0.490 e. The molecule has 0 aromatic heterocycles. The van der Waals surface area contributed by atoms with Crippen LogP contribution >= 0.6 is 23.5 Å². The number of aliphatic hydroxyl groups excluding tert-OH is 2. The van der Waals surface area contributed by atoms with Gasteiger partial charge in [0.05, 0.1) is 19.4 Å². The van der Waals surface area contributed by atoms with Gasteiger partial charge in [-0.15, -0.1) is 0 Å². The number of aliphatic hydroxyl groups is 2. The number of primary amides is 1. The van der Waals surface area contributed by atoms with Crippen LogP contribution in [0.4, 0.5) is 0 Å². The van der Waals surface area contributed by atoms with Crippen LogP contribution in [0.15, 0.2) is 0 Å². The Hall–Kier alpha value is -0.360. The summed E-state index contributed by atoms with van der Waals surface area (Å²) in [6, 6.07) is -0.980. The standard InChI is InChI=1S/C9H21N4O14P3/c10-7-4(8(11)16)12-2-13(7)9-6(15)5(14)3(25-9)1-24-29(20,21)27-30(22,23)26-28(17,18)19/h3-7,9,12,14-15H,1-2,10H2,(H2,11,16)(H,20,21)(H,22,23)(H2,17,18,19)/t3-,4?,5?,6?,7?,9-/m1/s1. The molecule has 18 nitrogen and oxygen atoms in total. The molecule has 1 amide bonds. The molecular formula is C9H21N4O14P3. The normalized spacial score (nSPS) is 37.0. The van der Waals surface area contributed by atoms with Crippen molar-refractivity contribution in [1.82, 2.24) is 10.2 Å². The fourth-order valence-corrected chi connectivity index (χ4v) is 5.79. The highest BCUT2D eigenvalue weighted by Gasteiger charge is 2.51. The molecule has 0 bridgehead atoms. The van der Waals surface area contributed by atoms with Crippen LogP contribution in [-0.4, -0.2) is 90.6 Å². The number of hydrogen-bond acceptors (Lipinski definition) is 13. The first-order valence-corrected chi connectivity index (χ1v) is 12.4. The molecule has 2 saturated heterocycles. The lowest BCUT2D eigenvalue weighted by atomic mass is 10.1. The molecule has 6 unspecified atom stereocenters. The van der Waals surface area contributed by atoms with Gasteiger partial charge in [-0.25, -0.2) is 18.6 Å². The Kier molecular flexibility index (Phi) is 7.98. The second-order valence-electron chi connectivity index (χ2n) is 6.18. The summed E-state index contributed by atoms with van der Waals surface area (Å²) < 4.78 is 50.4. The average molecular weight is 502 g/mol. The SMILES string of the molecule is NC(=O)C1NCN([C@@H]2O[C@H](COP(=O)(O)OP(=O)(O)OP(=O)(O)O)C(O)C2O)C1N. The van der Waals surface area contributed by atoms with Crippen LogP contribution in [0.1, 0.15) is 0 Å². The van der Waals surface area contributed by atoms with Crippen LogP contribution in [0.25, 0.3) is 0 Å². The molecule has 0 aliphatic carbocycles. The molecule has 2 heterocycles. The van der Waals surface area contributed by atoms with Crippen molar-refractivity contribution in [2.45, 2.75) is 36.7 Å².